The highest BCUT2D eigenvalue weighted by Crippen LogP contribution is 2.23. The number of rotatable bonds is 12. The van der Waals surface area contributed by atoms with E-state index in [2.05, 4.69) is 41.5 Å². The van der Waals surface area contributed by atoms with Crippen LogP contribution in [-0.4, -0.2) is 31.9 Å². The Bertz CT molecular complexity index is 1950. The number of nitrogens with zero attached hydrogens (tertiary/aromatic N) is 3. The zero-order chi connectivity index (χ0) is 34.9. The fraction of sp³-hybridized carbons (Fsp3) is 0.0541. The number of phenols is 1. The second-order valence-electron chi connectivity index (χ2n) is 11.0. The van der Waals surface area contributed by atoms with Crippen LogP contribution in [0.1, 0.15) is 31.8 Å². The molecule has 0 aliphatic heterocycles. The molecule has 0 bridgehead atoms. The summed E-state index contributed by atoms with van der Waals surface area (Å²) < 4.78 is 26.3. The summed E-state index contributed by atoms with van der Waals surface area (Å²) in [5.41, 5.74) is 4.23. The maximum absolute atomic E-state index is 13.2. The second kappa shape index (κ2) is 15.3. The van der Waals surface area contributed by atoms with Gasteiger partial charge in [0.15, 0.2) is 0 Å². The summed E-state index contributed by atoms with van der Waals surface area (Å²) in [6.45, 7) is 0.508. The van der Waals surface area contributed by atoms with E-state index in [4.69, 9.17) is 0 Å². The minimum Gasteiger partial charge on any atom is -0.508 e. The van der Waals surface area contributed by atoms with Crippen molar-refractivity contribution in [1.82, 2.24) is 25.6 Å². The molecule has 0 aliphatic rings. The lowest BCUT2D eigenvalue weighted by Crippen LogP contribution is -2.22. The molecule has 50 heavy (non-hydrogen) atoms. The maximum atomic E-state index is 13.2. The molecule has 0 saturated carbocycles. The molecule has 1 heterocycles. The largest absolute Gasteiger partial charge is 0.508 e. The molecule has 0 spiro atoms. The van der Waals surface area contributed by atoms with Crippen LogP contribution >= 0.6 is 0 Å². The Morgan fingerprint density at radius 1 is 0.480 bits per heavy atom. The smallest absolute Gasteiger partial charge is 0.251 e. The average molecular weight is 673 g/mol. The number of anilines is 6. The Morgan fingerprint density at radius 2 is 0.800 bits per heavy atom. The molecule has 0 saturated heterocycles. The summed E-state index contributed by atoms with van der Waals surface area (Å²) in [4.78, 5) is 38.8. The predicted molar refractivity (Wildman–Crippen MR) is 186 cm³/mol. The molecule has 0 radical (unpaired) electrons. The molecule has 0 atom stereocenters. The zero-order valence-electron chi connectivity index (χ0n) is 26.3. The van der Waals surface area contributed by atoms with Gasteiger partial charge in [-0.05, 0) is 108 Å². The first-order chi connectivity index (χ1) is 24.3. The number of phenolic OH excluding ortho intramolecular Hbond substituents is 1. The van der Waals surface area contributed by atoms with Gasteiger partial charge in [-0.2, -0.15) is 15.0 Å². The first-order valence-corrected chi connectivity index (χ1v) is 15.4. The number of aromatic nitrogens is 3. The normalized spacial score (nSPS) is 10.6. The van der Waals surface area contributed by atoms with Gasteiger partial charge in [0.25, 0.3) is 11.8 Å². The Labute approximate surface area is 285 Å². The maximum Gasteiger partial charge on any atom is 0.251 e. The van der Waals surface area contributed by atoms with Gasteiger partial charge >= 0.3 is 0 Å². The third kappa shape index (κ3) is 9.13. The van der Waals surface area contributed by atoms with Crippen LogP contribution in [0.15, 0.2) is 121 Å². The molecule has 6 N–H and O–H groups in total. The lowest BCUT2D eigenvalue weighted by atomic mass is 10.1. The van der Waals surface area contributed by atoms with Crippen molar-refractivity contribution in [2.24, 2.45) is 0 Å². The average Bonchev–Trinajstić information content (AvgIpc) is 3.12. The number of hydrogen-bond donors (Lipinski definition) is 6. The summed E-state index contributed by atoms with van der Waals surface area (Å²) in [6, 6.07) is 31.6. The van der Waals surface area contributed by atoms with Crippen LogP contribution in [0, 0.1) is 11.6 Å². The van der Waals surface area contributed by atoms with Crippen molar-refractivity contribution in [3.8, 4) is 5.75 Å². The molecule has 5 aromatic carbocycles. The van der Waals surface area contributed by atoms with Gasteiger partial charge in [0.2, 0.25) is 17.8 Å². The van der Waals surface area contributed by atoms with E-state index >= 15 is 0 Å². The number of carbonyl (C=O) groups excluding carboxylic acids is 2. The van der Waals surface area contributed by atoms with E-state index in [0.717, 1.165) is 11.1 Å². The van der Waals surface area contributed by atoms with Crippen molar-refractivity contribution in [2.75, 3.05) is 16.0 Å². The third-order valence-electron chi connectivity index (χ3n) is 7.30. The van der Waals surface area contributed by atoms with Crippen LogP contribution in [0.2, 0.25) is 0 Å². The van der Waals surface area contributed by atoms with Gasteiger partial charge in [-0.25, -0.2) is 8.78 Å². The van der Waals surface area contributed by atoms with Crippen LogP contribution in [0.3, 0.4) is 0 Å². The van der Waals surface area contributed by atoms with Gasteiger partial charge in [0.05, 0.1) is 0 Å². The van der Waals surface area contributed by atoms with Crippen LogP contribution < -0.4 is 26.6 Å². The van der Waals surface area contributed by atoms with E-state index < -0.39 is 0 Å². The molecule has 0 unspecified atom stereocenters. The third-order valence-corrected chi connectivity index (χ3v) is 7.30. The van der Waals surface area contributed by atoms with Crippen molar-refractivity contribution >= 4 is 46.7 Å². The van der Waals surface area contributed by atoms with Crippen LogP contribution in [0.4, 0.5) is 43.7 Å². The monoisotopic (exact) mass is 672 g/mol. The topological polar surface area (TPSA) is 153 Å². The molecule has 13 heteroatoms. The number of aromatic hydroxyl groups is 1. The molecule has 250 valence electrons. The molecular weight excluding hydrogens is 642 g/mol. The van der Waals surface area contributed by atoms with Gasteiger partial charge in [-0.3, -0.25) is 9.59 Å². The first kappa shape index (κ1) is 33.0. The number of carbonyl (C=O) groups is 2. The fourth-order valence-electron chi connectivity index (χ4n) is 4.66. The Morgan fingerprint density at radius 3 is 1.14 bits per heavy atom. The predicted octanol–water partition coefficient (Wildman–Crippen LogP) is 6.95. The summed E-state index contributed by atoms with van der Waals surface area (Å²) in [6.07, 6.45) is 0. The molecule has 11 nitrogen and oxygen atoms in total. The fourth-order valence-corrected chi connectivity index (χ4v) is 4.66. The van der Waals surface area contributed by atoms with Crippen LogP contribution in [0.25, 0.3) is 0 Å². The van der Waals surface area contributed by atoms with Crippen molar-refractivity contribution in [3.63, 3.8) is 0 Å². The molecule has 2 amide bonds. The van der Waals surface area contributed by atoms with E-state index in [0.29, 0.717) is 28.2 Å². The standard InChI is InChI=1S/C37H30F2N8O3/c38-27-9-1-23(2-10-27)21-40-33(49)25-5-13-29(14-6-25)42-35-45-36(47-37(46-35)44-31-17-19-32(48)20-18-31)43-30-15-7-26(8-16-30)34(50)41-22-24-3-11-28(39)12-4-24/h1-20,48H,21-22H2,(H,40,49)(H,41,50)(H3,42,43,44,45,46,47). The Kier molecular flexibility index (Phi) is 10.1. The van der Waals surface area contributed by atoms with E-state index in [9.17, 15) is 23.5 Å². The first-order valence-electron chi connectivity index (χ1n) is 15.4. The zero-order valence-corrected chi connectivity index (χ0v) is 26.3. The number of nitrogens with one attached hydrogen (secondary N) is 5. The van der Waals surface area contributed by atoms with Crippen molar-refractivity contribution < 1.29 is 23.5 Å². The van der Waals surface area contributed by atoms with Crippen molar-refractivity contribution in [2.45, 2.75) is 13.1 Å². The molecule has 0 aliphatic carbocycles. The van der Waals surface area contributed by atoms with Gasteiger partial charge in [-0.1, -0.05) is 24.3 Å². The summed E-state index contributed by atoms with van der Waals surface area (Å²) in [5.74, 6) is -0.578. The molecule has 0 fully saturated rings. The van der Waals surface area contributed by atoms with E-state index in [1.165, 1.54) is 36.4 Å². The van der Waals surface area contributed by atoms with Gasteiger partial charge in [-0.15, -0.1) is 0 Å². The van der Waals surface area contributed by atoms with E-state index in [1.807, 2.05) is 0 Å². The van der Waals surface area contributed by atoms with Gasteiger partial charge in [0.1, 0.15) is 17.4 Å². The van der Waals surface area contributed by atoms with Crippen LogP contribution in [-0.2, 0) is 13.1 Å². The van der Waals surface area contributed by atoms with Crippen LogP contribution in [0.5, 0.6) is 5.75 Å². The SMILES string of the molecule is O=C(NCc1ccc(F)cc1)c1ccc(Nc2nc(Nc3ccc(O)cc3)nc(Nc3ccc(C(=O)NCc4ccc(F)cc4)cc3)n2)cc1. The number of benzene rings is 5. The molecule has 6 aromatic rings. The van der Waals surface area contributed by atoms with Crippen molar-refractivity contribution in [1.29, 1.82) is 0 Å². The lowest BCUT2D eigenvalue weighted by Gasteiger charge is -2.12. The quantitative estimate of drug-likeness (QED) is 0.0759. The second-order valence-corrected chi connectivity index (χ2v) is 11.0. The minimum absolute atomic E-state index is 0.107. The number of halogens is 2. The van der Waals surface area contributed by atoms with Gasteiger partial charge in [0, 0.05) is 41.3 Å². The summed E-state index contributed by atoms with van der Waals surface area (Å²) in [7, 11) is 0. The lowest BCUT2D eigenvalue weighted by molar-refractivity contribution is 0.0943. The number of amides is 2. The highest BCUT2D eigenvalue weighted by atomic mass is 19.1. The van der Waals surface area contributed by atoms with Gasteiger partial charge < -0.3 is 31.7 Å². The Hall–Kier alpha value is -6.89. The number of hydrogen-bond acceptors (Lipinski definition) is 9. The molecule has 1 aromatic heterocycles. The highest BCUT2D eigenvalue weighted by molar-refractivity contribution is 5.95. The highest BCUT2D eigenvalue weighted by Gasteiger charge is 2.12. The molecule has 6 rings (SSSR count). The van der Waals surface area contributed by atoms with E-state index in [-0.39, 0.29) is 60.1 Å². The van der Waals surface area contributed by atoms with E-state index in [1.54, 1.807) is 84.9 Å². The Balaban J connectivity index is 1.14. The minimum atomic E-state index is -0.343. The van der Waals surface area contributed by atoms with Crippen molar-refractivity contribution in [3.05, 3.63) is 155 Å². The summed E-state index contributed by atoms with van der Waals surface area (Å²) >= 11 is 0. The summed E-state index contributed by atoms with van der Waals surface area (Å²) in [5, 5.41) is 24.6. The molecular formula is C37H30F2N8O3.